The lowest BCUT2D eigenvalue weighted by atomic mass is 10.0. The van der Waals surface area contributed by atoms with Crippen LogP contribution in [0.1, 0.15) is 15.9 Å². The zero-order valence-electron chi connectivity index (χ0n) is 14.2. The molecule has 0 fully saturated rings. The number of amides is 1. The van der Waals surface area contributed by atoms with Crippen molar-refractivity contribution in [1.82, 2.24) is 15.2 Å². The fourth-order valence-electron chi connectivity index (χ4n) is 2.57. The molecule has 0 radical (unpaired) electrons. The number of pyridine rings is 1. The smallest absolute Gasteiger partial charge is 0.252 e. The van der Waals surface area contributed by atoms with E-state index in [0.717, 1.165) is 33.6 Å². The number of nitrogens with zero attached hydrogens (tertiary/aromatic N) is 2. The summed E-state index contributed by atoms with van der Waals surface area (Å²) >= 11 is 1.63. The molecule has 0 spiro atoms. The Balaban J connectivity index is 2.03. The van der Waals surface area contributed by atoms with Crippen LogP contribution in [0.25, 0.3) is 21.5 Å². The Hall–Kier alpha value is -2.24. The van der Waals surface area contributed by atoms with Crippen LogP contribution >= 0.6 is 11.3 Å². The van der Waals surface area contributed by atoms with Crippen molar-refractivity contribution in [1.29, 1.82) is 0 Å². The molecule has 0 unspecified atom stereocenters. The van der Waals surface area contributed by atoms with Crippen LogP contribution in [0.2, 0.25) is 0 Å². The van der Waals surface area contributed by atoms with E-state index < -0.39 is 0 Å². The van der Waals surface area contributed by atoms with Crippen molar-refractivity contribution >= 4 is 28.1 Å². The van der Waals surface area contributed by atoms with Crippen LogP contribution in [-0.4, -0.2) is 43.0 Å². The summed E-state index contributed by atoms with van der Waals surface area (Å²) < 4.78 is 0. The first kappa shape index (κ1) is 16.6. The molecule has 4 nitrogen and oxygen atoms in total. The van der Waals surface area contributed by atoms with Crippen LogP contribution in [0, 0.1) is 6.92 Å². The molecule has 5 heteroatoms. The first-order valence-corrected chi connectivity index (χ1v) is 8.81. The van der Waals surface area contributed by atoms with Gasteiger partial charge in [-0.2, -0.15) is 0 Å². The van der Waals surface area contributed by atoms with Crippen molar-refractivity contribution in [2.24, 2.45) is 0 Å². The van der Waals surface area contributed by atoms with Crippen molar-refractivity contribution in [2.75, 3.05) is 27.2 Å². The highest BCUT2D eigenvalue weighted by Crippen LogP contribution is 2.28. The molecule has 0 aliphatic rings. The van der Waals surface area contributed by atoms with Crippen molar-refractivity contribution < 1.29 is 4.79 Å². The Bertz CT molecular complexity index is 856. The molecule has 2 aromatic heterocycles. The van der Waals surface area contributed by atoms with Crippen LogP contribution in [0.4, 0.5) is 0 Å². The summed E-state index contributed by atoms with van der Waals surface area (Å²) in [6.07, 6.45) is 0. The van der Waals surface area contributed by atoms with Crippen LogP contribution in [0.5, 0.6) is 0 Å². The number of nitrogens with one attached hydrogen (secondary N) is 1. The summed E-state index contributed by atoms with van der Waals surface area (Å²) in [5.41, 5.74) is 3.50. The average molecular weight is 339 g/mol. The third kappa shape index (κ3) is 3.63. The van der Waals surface area contributed by atoms with Crippen molar-refractivity contribution in [3.05, 3.63) is 52.9 Å². The lowest BCUT2D eigenvalue weighted by molar-refractivity contribution is 0.0952. The molecule has 24 heavy (non-hydrogen) atoms. The minimum absolute atomic E-state index is 0.0485. The minimum atomic E-state index is -0.0485. The van der Waals surface area contributed by atoms with Gasteiger partial charge in [0.1, 0.15) is 0 Å². The normalized spacial score (nSPS) is 11.2. The fraction of sp³-hybridized carbons (Fsp3) is 0.263. The molecule has 1 aromatic carbocycles. The van der Waals surface area contributed by atoms with Gasteiger partial charge in [-0.3, -0.25) is 4.79 Å². The molecule has 3 rings (SSSR count). The van der Waals surface area contributed by atoms with E-state index in [4.69, 9.17) is 4.98 Å². The number of rotatable bonds is 5. The number of hydrogen-bond donors (Lipinski definition) is 1. The first-order valence-electron chi connectivity index (χ1n) is 7.93. The van der Waals surface area contributed by atoms with Crippen LogP contribution in [0.15, 0.2) is 41.8 Å². The maximum Gasteiger partial charge on any atom is 0.252 e. The second kappa shape index (κ2) is 7.11. The van der Waals surface area contributed by atoms with Gasteiger partial charge in [0.05, 0.1) is 21.7 Å². The van der Waals surface area contributed by atoms with E-state index in [2.05, 4.69) is 5.32 Å². The summed E-state index contributed by atoms with van der Waals surface area (Å²) in [6, 6.07) is 12.0. The largest absolute Gasteiger partial charge is 0.351 e. The predicted molar refractivity (Wildman–Crippen MR) is 101 cm³/mol. The molecule has 1 N–H and O–H groups in total. The third-order valence-electron chi connectivity index (χ3n) is 3.83. The topological polar surface area (TPSA) is 45.2 Å². The monoisotopic (exact) mass is 339 g/mol. The molecule has 0 bridgehead atoms. The van der Waals surface area contributed by atoms with Gasteiger partial charge >= 0.3 is 0 Å². The highest BCUT2D eigenvalue weighted by Gasteiger charge is 2.14. The number of hydrogen-bond acceptors (Lipinski definition) is 4. The van der Waals surface area contributed by atoms with Crippen molar-refractivity contribution in [3.63, 3.8) is 0 Å². The Kier molecular flexibility index (Phi) is 4.92. The number of aryl methyl sites for hydroxylation is 1. The third-order valence-corrected chi connectivity index (χ3v) is 4.72. The molecule has 0 saturated carbocycles. The SMILES string of the molecule is Cc1ccc2nc(-c3cccs3)cc(C(=O)NCCN(C)C)c2c1. The Morgan fingerprint density at radius 2 is 2.08 bits per heavy atom. The van der Waals surface area contributed by atoms with Crippen molar-refractivity contribution in [2.45, 2.75) is 6.92 Å². The second-order valence-electron chi connectivity index (χ2n) is 6.11. The number of benzene rings is 1. The lowest BCUT2D eigenvalue weighted by Gasteiger charge is -2.13. The molecule has 0 aliphatic heterocycles. The number of thiophene rings is 1. The Labute approximate surface area is 146 Å². The van der Waals surface area contributed by atoms with Crippen molar-refractivity contribution in [3.8, 4) is 10.6 Å². The molecule has 0 atom stereocenters. The summed E-state index contributed by atoms with van der Waals surface area (Å²) in [5.74, 6) is -0.0485. The van der Waals surface area contributed by atoms with E-state index in [0.29, 0.717) is 12.1 Å². The van der Waals surface area contributed by atoms with Crippen LogP contribution in [-0.2, 0) is 0 Å². The van der Waals surface area contributed by atoms with Gasteiger partial charge < -0.3 is 10.2 Å². The first-order chi connectivity index (χ1) is 11.5. The van der Waals surface area contributed by atoms with E-state index in [9.17, 15) is 4.79 Å². The Morgan fingerprint density at radius 3 is 2.79 bits per heavy atom. The number of aromatic nitrogens is 1. The average Bonchev–Trinajstić information content (AvgIpc) is 3.08. The minimum Gasteiger partial charge on any atom is -0.351 e. The highest BCUT2D eigenvalue weighted by molar-refractivity contribution is 7.13. The second-order valence-corrected chi connectivity index (χ2v) is 7.06. The molecule has 2 heterocycles. The van der Waals surface area contributed by atoms with Gasteiger partial charge in [-0.15, -0.1) is 11.3 Å². The van der Waals surface area contributed by atoms with Gasteiger partial charge in [0, 0.05) is 18.5 Å². The zero-order valence-corrected chi connectivity index (χ0v) is 15.0. The van der Waals surface area contributed by atoms with E-state index in [1.165, 1.54) is 0 Å². The lowest BCUT2D eigenvalue weighted by Crippen LogP contribution is -2.31. The maximum atomic E-state index is 12.7. The van der Waals surface area contributed by atoms with Gasteiger partial charge in [0.25, 0.3) is 5.91 Å². The van der Waals surface area contributed by atoms with E-state index in [-0.39, 0.29) is 5.91 Å². The van der Waals surface area contributed by atoms with Gasteiger partial charge in [0.15, 0.2) is 0 Å². The van der Waals surface area contributed by atoms with Gasteiger partial charge in [-0.1, -0.05) is 17.7 Å². The quantitative estimate of drug-likeness (QED) is 0.773. The number of likely N-dealkylation sites (N-methyl/N-ethyl adjacent to an activating group) is 1. The zero-order chi connectivity index (χ0) is 17.1. The molecule has 0 aliphatic carbocycles. The predicted octanol–water partition coefficient (Wildman–Crippen LogP) is 3.56. The van der Waals surface area contributed by atoms with E-state index >= 15 is 0 Å². The number of carbonyl (C=O) groups is 1. The summed E-state index contributed by atoms with van der Waals surface area (Å²) in [7, 11) is 3.98. The van der Waals surface area contributed by atoms with Crippen LogP contribution < -0.4 is 5.32 Å². The van der Waals surface area contributed by atoms with E-state index in [1.54, 1.807) is 11.3 Å². The molecule has 0 saturated heterocycles. The maximum absolute atomic E-state index is 12.7. The summed E-state index contributed by atoms with van der Waals surface area (Å²) in [5, 5.41) is 5.93. The Morgan fingerprint density at radius 1 is 1.25 bits per heavy atom. The standard InChI is InChI=1S/C19H21N3OS/c1-13-6-7-16-14(11-13)15(19(23)20-8-9-22(2)3)12-17(21-16)18-5-4-10-24-18/h4-7,10-12H,8-9H2,1-3H3,(H,20,23). The summed E-state index contributed by atoms with van der Waals surface area (Å²) in [6.45, 7) is 3.46. The van der Waals surface area contributed by atoms with Gasteiger partial charge in [-0.25, -0.2) is 4.98 Å². The fourth-order valence-corrected chi connectivity index (χ4v) is 3.25. The molecule has 3 aromatic rings. The molecular weight excluding hydrogens is 318 g/mol. The number of fused-ring (bicyclic) bond motifs is 1. The molecular formula is C19H21N3OS. The van der Waals surface area contributed by atoms with E-state index in [1.807, 2.05) is 67.7 Å². The highest BCUT2D eigenvalue weighted by atomic mass is 32.1. The van der Waals surface area contributed by atoms with Gasteiger partial charge in [-0.05, 0) is 50.7 Å². The summed E-state index contributed by atoms with van der Waals surface area (Å²) in [4.78, 5) is 20.6. The van der Waals surface area contributed by atoms with Gasteiger partial charge in [0.2, 0.25) is 0 Å². The molecule has 124 valence electrons. The molecule has 1 amide bonds. The number of carbonyl (C=O) groups excluding carboxylic acids is 1. The van der Waals surface area contributed by atoms with Crippen LogP contribution in [0.3, 0.4) is 0 Å².